The molecule has 0 heterocycles. The van der Waals surface area contributed by atoms with Crippen LogP contribution in [0.4, 0.5) is 0 Å². The van der Waals surface area contributed by atoms with Gasteiger partial charge in [0.1, 0.15) is 0 Å². The summed E-state index contributed by atoms with van der Waals surface area (Å²) < 4.78 is 0. The van der Waals surface area contributed by atoms with Gasteiger partial charge in [-0.25, -0.2) is 0 Å². The second kappa shape index (κ2) is 12.7. The van der Waals surface area contributed by atoms with Crippen molar-refractivity contribution in [3.05, 3.63) is 117 Å². The highest BCUT2D eigenvalue weighted by atomic mass is 14.5. The van der Waals surface area contributed by atoms with E-state index in [-0.39, 0.29) is 16.2 Å². The molecule has 0 aromatic heterocycles. The molecule has 47 heavy (non-hydrogen) atoms. The Morgan fingerprint density at radius 1 is 0.511 bits per heavy atom. The molecule has 0 radical (unpaired) electrons. The number of rotatable bonds is 12. The highest BCUT2D eigenvalue weighted by molar-refractivity contribution is 5.95. The first-order valence-corrected chi connectivity index (χ1v) is 18.9. The van der Waals surface area contributed by atoms with Crippen molar-refractivity contribution >= 4 is 0 Å². The zero-order valence-corrected chi connectivity index (χ0v) is 31.2. The molecule has 0 amide bonds. The van der Waals surface area contributed by atoms with Gasteiger partial charge >= 0.3 is 0 Å². The molecule has 2 atom stereocenters. The van der Waals surface area contributed by atoms with E-state index in [1.807, 2.05) is 0 Å². The van der Waals surface area contributed by atoms with Gasteiger partial charge < -0.3 is 0 Å². The first kappa shape index (κ1) is 33.8. The van der Waals surface area contributed by atoms with Crippen molar-refractivity contribution in [3.8, 4) is 22.3 Å². The predicted octanol–water partition coefficient (Wildman–Crippen LogP) is 13.6. The molecule has 0 bridgehead atoms. The summed E-state index contributed by atoms with van der Waals surface area (Å²) in [4.78, 5) is 0. The lowest BCUT2D eigenvalue weighted by Gasteiger charge is -2.34. The molecule has 0 nitrogen and oxygen atoms in total. The Bertz CT molecular complexity index is 1710. The topological polar surface area (TPSA) is 0 Å². The molecule has 2 aliphatic rings. The molecule has 0 fully saturated rings. The summed E-state index contributed by atoms with van der Waals surface area (Å²) in [6.07, 6.45) is 9.97. The average molecular weight is 625 g/mol. The fraction of sp³-hybridized carbons (Fsp3) is 0.489. The fourth-order valence-electron chi connectivity index (χ4n) is 9.06. The highest BCUT2D eigenvalue weighted by Gasteiger charge is 2.52. The lowest BCUT2D eigenvalue weighted by Crippen LogP contribution is -2.28. The third kappa shape index (κ3) is 5.62. The van der Waals surface area contributed by atoms with Gasteiger partial charge in [0.25, 0.3) is 0 Å². The van der Waals surface area contributed by atoms with Crippen molar-refractivity contribution in [3.63, 3.8) is 0 Å². The summed E-state index contributed by atoms with van der Waals surface area (Å²) in [6.45, 7) is 23.8. The molecule has 0 saturated carbocycles. The van der Waals surface area contributed by atoms with Crippen LogP contribution in [0.25, 0.3) is 22.3 Å². The van der Waals surface area contributed by atoms with Gasteiger partial charge in [0.05, 0.1) is 5.41 Å². The Morgan fingerprint density at radius 2 is 0.936 bits per heavy atom. The number of benzene rings is 4. The van der Waals surface area contributed by atoms with Crippen LogP contribution in [0.5, 0.6) is 0 Å². The summed E-state index contributed by atoms with van der Waals surface area (Å²) in [7, 11) is 0. The van der Waals surface area contributed by atoms with Gasteiger partial charge in [0.2, 0.25) is 0 Å². The monoisotopic (exact) mass is 624 g/mol. The lowest BCUT2D eigenvalue weighted by atomic mass is 9.68. The van der Waals surface area contributed by atoms with Crippen LogP contribution in [0.15, 0.2) is 72.8 Å². The van der Waals surface area contributed by atoms with E-state index in [4.69, 9.17) is 0 Å². The summed E-state index contributed by atoms with van der Waals surface area (Å²) in [5.41, 5.74) is 17.3. The second-order valence-corrected chi connectivity index (χ2v) is 16.8. The Labute approximate surface area is 287 Å². The van der Waals surface area contributed by atoms with E-state index in [2.05, 4.69) is 142 Å². The maximum Gasteiger partial charge on any atom is 0.0725 e. The first-order chi connectivity index (χ1) is 22.4. The first-order valence-electron chi connectivity index (χ1n) is 18.9. The Hall–Kier alpha value is -3.12. The number of aryl methyl sites for hydroxylation is 2. The van der Waals surface area contributed by atoms with Gasteiger partial charge in [-0.3, -0.25) is 0 Å². The molecule has 6 rings (SSSR count). The molecule has 0 aliphatic heterocycles. The van der Waals surface area contributed by atoms with E-state index >= 15 is 0 Å². The molecular formula is C47H60. The van der Waals surface area contributed by atoms with Crippen LogP contribution in [0.1, 0.15) is 151 Å². The Kier molecular flexibility index (Phi) is 9.14. The van der Waals surface area contributed by atoms with E-state index in [1.165, 1.54) is 105 Å². The number of fused-ring (bicyclic) bond motifs is 10. The van der Waals surface area contributed by atoms with Gasteiger partial charge in [-0.1, -0.05) is 165 Å². The third-order valence-electron chi connectivity index (χ3n) is 12.6. The Morgan fingerprint density at radius 3 is 1.43 bits per heavy atom. The molecule has 2 unspecified atom stereocenters. The smallest absolute Gasteiger partial charge is 0.0645 e. The summed E-state index contributed by atoms with van der Waals surface area (Å²) in [5, 5.41) is 0. The SMILES string of the molecule is CCC(C)(CCCC(C)C)c1ccc2c(c1)-c1ccc(C(C)(CC)CCCC(C)C)cc1C21c2cc(C)ccc2-c2ccc(C)cc21. The lowest BCUT2D eigenvalue weighted by molar-refractivity contribution is 0.382. The second-order valence-electron chi connectivity index (χ2n) is 16.8. The van der Waals surface area contributed by atoms with Gasteiger partial charge in [0, 0.05) is 0 Å². The number of hydrogen-bond donors (Lipinski definition) is 0. The highest BCUT2D eigenvalue weighted by Crippen LogP contribution is 2.64. The van der Waals surface area contributed by atoms with E-state index in [0.29, 0.717) is 0 Å². The van der Waals surface area contributed by atoms with E-state index in [1.54, 1.807) is 0 Å². The van der Waals surface area contributed by atoms with Gasteiger partial charge in [-0.15, -0.1) is 0 Å². The minimum absolute atomic E-state index is 0.158. The quantitative estimate of drug-likeness (QED) is 0.127. The molecule has 1 spiro atoms. The van der Waals surface area contributed by atoms with Gasteiger partial charge in [-0.05, 0) is 118 Å². The van der Waals surface area contributed by atoms with Crippen LogP contribution in [-0.2, 0) is 16.2 Å². The van der Waals surface area contributed by atoms with Crippen molar-refractivity contribution in [2.45, 2.75) is 137 Å². The Balaban J connectivity index is 1.61. The summed E-state index contributed by atoms with van der Waals surface area (Å²) in [5.74, 6) is 1.51. The number of hydrogen-bond acceptors (Lipinski definition) is 0. The van der Waals surface area contributed by atoms with Crippen LogP contribution in [0, 0.1) is 25.7 Å². The zero-order valence-electron chi connectivity index (χ0n) is 31.2. The van der Waals surface area contributed by atoms with Gasteiger partial charge in [0.15, 0.2) is 0 Å². The minimum Gasteiger partial charge on any atom is -0.0645 e. The van der Waals surface area contributed by atoms with Crippen molar-refractivity contribution in [2.75, 3.05) is 0 Å². The van der Waals surface area contributed by atoms with E-state index in [9.17, 15) is 0 Å². The molecule has 0 N–H and O–H groups in total. The van der Waals surface area contributed by atoms with Crippen molar-refractivity contribution in [2.24, 2.45) is 11.8 Å². The third-order valence-corrected chi connectivity index (χ3v) is 12.6. The molecule has 2 aliphatic carbocycles. The molecule has 0 heteroatoms. The maximum atomic E-state index is 2.67. The zero-order chi connectivity index (χ0) is 33.7. The van der Waals surface area contributed by atoms with Crippen molar-refractivity contribution in [1.29, 1.82) is 0 Å². The normalized spacial score (nSPS) is 16.6. The maximum absolute atomic E-state index is 2.67. The predicted molar refractivity (Wildman–Crippen MR) is 205 cm³/mol. The van der Waals surface area contributed by atoms with E-state index < -0.39 is 0 Å². The average Bonchev–Trinajstić information content (AvgIpc) is 3.49. The van der Waals surface area contributed by atoms with Crippen molar-refractivity contribution in [1.82, 2.24) is 0 Å². The molecule has 4 aromatic carbocycles. The molecule has 248 valence electrons. The summed E-state index contributed by atoms with van der Waals surface area (Å²) >= 11 is 0. The minimum atomic E-state index is -0.297. The van der Waals surface area contributed by atoms with Crippen LogP contribution < -0.4 is 0 Å². The molecule has 4 aromatic rings. The summed E-state index contributed by atoms with van der Waals surface area (Å²) in [6, 6.07) is 29.8. The van der Waals surface area contributed by atoms with Crippen LogP contribution >= 0.6 is 0 Å². The fourth-order valence-corrected chi connectivity index (χ4v) is 9.06. The van der Waals surface area contributed by atoms with Crippen molar-refractivity contribution < 1.29 is 0 Å². The molecule has 0 saturated heterocycles. The van der Waals surface area contributed by atoms with Crippen LogP contribution in [-0.4, -0.2) is 0 Å². The van der Waals surface area contributed by atoms with Gasteiger partial charge in [-0.2, -0.15) is 0 Å². The molecular weight excluding hydrogens is 565 g/mol. The standard InChI is InChI=1S/C47H60/c1-11-45(9,25-13-15-31(3)4)35-20-24-41-40(29-35)39-23-19-36(46(10,12-2)26-14-16-32(5)6)30-44(39)47(41)42-27-33(7)17-21-37(42)38-22-18-34(8)28-43(38)47/h17-24,27-32H,11-16,25-26H2,1-10H3. The largest absolute Gasteiger partial charge is 0.0725 e. The van der Waals surface area contributed by atoms with E-state index in [0.717, 1.165) is 24.7 Å². The van der Waals surface area contributed by atoms with Crippen LogP contribution in [0.3, 0.4) is 0 Å². The van der Waals surface area contributed by atoms with Crippen LogP contribution in [0.2, 0.25) is 0 Å².